The van der Waals surface area contributed by atoms with Gasteiger partial charge in [0.2, 0.25) is 0 Å². The minimum absolute atomic E-state index is 0.651. The molecule has 0 aliphatic rings. The number of aromatic nitrogens is 4. The summed E-state index contributed by atoms with van der Waals surface area (Å²) < 4.78 is 5.01. The van der Waals surface area contributed by atoms with Crippen LogP contribution in [-0.4, -0.2) is 19.5 Å². The summed E-state index contributed by atoms with van der Waals surface area (Å²) >= 11 is 1.86. The van der Waals surface area contributed by atoms with E-state index in [0.717, 1.165) is 22.4 Å². The maximum atomic E-state index is 4.92. The van der Waals surface area contributed by atoms with E-state index in [1.807, 2.05) is 72.0 Å². The molecule has 44 heavy (non-hydrogen) atoms. The Hall–Kier alpha value is -5.65. The molecule has 0 N–H and O–H groups in total. The molecule has 9 aromatic rings. The average Bonchev–Trinajstić information content (AvgIpc) is 3.64. The summed E-state index contributed by atoms with van der Waals surface area (Å²) in [7, 11) is 0. The number of rotatable bonds is 4. The Labute approximate surface area is 257 Å². The fourth-order valence-electron chi connectivity index (χ4n) is 6.25. The SMILES string of the molecule is c1ccc(-c2nc(-c3ccccc3)nc(-c3ccc(-n4c5ccccc5c5c6c(ccc54)sc4ccccc46)cc3)n2)cc1. The van der Waals surface area contributed by atoms with Crippen LogP contribution in [0.3, 0.4) is 0 Å². The maximum Gasteiger partial charge on any atom is 0.164 e. The molecule has 0 fully saturated rings. The Morgan fingerprint density at radius 1 is 0.386 bits per heavy atom. The molecule has 0 aliphatic carbocycles. The van der Waals surface area contributed by atoms with Gasteiger partial charge >= 0.3 is 0 Å². The fraction of sp³-hybridized carbons (Fsp3) is 0. The van der Waals surface area contributed by atoms with Gasteiger partial charge in [-0.05, 0) is 48.5 Å². The van der Waals surface area contributed by atoms with Gasteiger partial charge in [0.25, 0.3) is 0 Å². The van der Waals surface area contributed by atoms with Crippen molar-refractivity contribution in [2.24, 2.45) is 0 Å². The van der Waals surface area contributed by atoms with Crippen molar-refractivity contribution in [2.45, 2.75) is 0 Å². The molecule has 3 aromatic heterocycles. The summed E-state index contributed by atoms with van der Waals surface area (Å²) in [5.74, 6) is 1.97. The first-order chi connectivity index (χ1) is 21.8. The second-order valence-electron chi connectivity index (χ2n) is 10.9. The Morgan fingerprint density at radius 3 is 1.59 bits per heavy atom. The van der Waals surface area contributed by atoms with Crippen LogP contribution in [-0.2, 0) is 0 Å². The number of thiophene rings is 1. The van der Waals surface area contributed by atoms with E-state index in [-0.39, 0.29) is 0 Å². The van der Waals surface area contributed by atoms with Crippen LogP contribution in [0.5, 0.6) is 0 Å². The van der Waals surface area contributed by atoms with Crippen molar-refractivity contribution < 1.29 is 0 Å². The summed E-state index contributed by atoms with van der Waals surface area (Å²) in [4.78, 5) is 14.7. The summed E-state index contributed by atoms with van der Waals surface area (Å²) in [6.45, 7) is 0. The van der Waals surface area contributed by atoms with Crippen LogP contribution in [0.1, 0.15) is 0 Å². The molecular weight excluding hydrogens is 557 g/mol. The first kappa shape index (κ1) is 24.9. The van der Waals surface area contributed by atoms with E-state index in [9.17, 15) is 0 Å². The molecular formula is C39H24N4S. The highest BCUT2D eigenvalue weighted by Crippen LogP contribution is 2.43. The molecule has 0 saturated carbocycles. The molecule has 0 unspecified atom stereocenters. The predicted molar refractivity (Wildman–Crippen MR) is 183 cm³/mol. The van der Waals surface area contributed by atoms with Gasteiger partial charge in [0.05, 0.1) is 11.0 Å². The van der Waals surface area contributed by atoms with E-state index >= 15 is 0 Å². The van der Waals surface area contributed by atoms with Gasteiger partial charge in [-0.15, -0.1) is 11.3 Å². The smallest absolute Gasteiger partial charge is 0.164 e. The van der Waals surface area contributed by atoms with Crippen LogP contribution in [0, 0.1) is 0 Å². The van der Waals surface area contributed by atoms with E-state index in [0.29, 0.717) is 17.5 Å². The summed E-state index contributed by atoms with van der Waals surface area (Å²) in [6, 6.07) is 50.7. The largest absolute Gasteiger partial charge is 0.309 e. The zero-order valence-electron chi connectivity index (χ0n) is 23.6. The topological polar surface area (TPSA) is 43.6 Å². The van der Waals surface area contributed by atoms with Crippen molar-refractivity contribution in [1.29, 1.82) is 0 Å². The molecule has 0 aliphatic heterocycles. The second kappa shape index (κ2) is 9.97. The van der Waals surface area contributed by atoms with Gasteiger partial charge in [0, 0.05) is 53.3 Å². The third kappa shape index (κ3) is 3.94. The highest BCUT2D eigenvalue weighted by atomic mass is 32.1. The van der Waals surface area contributed by atoms with Crippen molar-refractivity contribution in [1.82, 2.24) is 19.5 Å². The number of hydrogen-bond acceptors (Lipinski definition) is 4. The molecule has 0 amide bonds. The lowest BCUT2D eigenvalue weighted by Gasteiger charge is -2.11. The summed E-state index contributed by atoms with van der Waals surface area (Å²) in [6.07, 6.45) is 0. The monoisotopic (exact) mass is 580 g/mol. The zero-order chi connectivity index (χ0) is 29.0. The van der Waals surface area contributed by atoms with Crippen LogP contribution < -0.4 is 0 Å². The van der Waals surface area contributed by atoms with Crippen molar-refractivity contribution in [3.05, 3.63) is 146 Å². The van der Waals surface area contributed by atoms with E-state index in [4.69, 9.17) is 15.0 Å². The lowest BCUT2D eigenvalue weighted by Crippen LogP contribution is -2.00. The van der Waals surface area contributed by atoms with Crippen molar-refractivity contribution >= 4 is 53.3 Å². The fourth-order valence-corrected chi connectivity index (χ4v) is 7.36. The minimum atomic E-state index is 0.651. The molecule has 9 rings (SSSR count). The molecule has 0 saturated heterocycles. The third-order valence-electron chi connectivity index (χ3n) is 8.26. The molecule has 4 nitrogen and oxygen atoms in total. The lowest BCUT2D eigenvalue weighted by molar-refractivity contribution is 1.07. The highest BCUT2D eigenvalue weighted by molar-refractivity contribution is 7.26. The van der Waals surface area contributed by atoms with Gasteiger partial charge in [0.15, 0.2) is 17.5 Å². The van der Waals surface area contributed by atoms with Gasteiger partial charge in [-0.1, -0.05) is 97.1 Å². The van der Waals surface area contributed by atoms with E-state index in [1.54, 1.807) is 0 Å². The number of nitrogens with zero attached hydrogens (tertiary/aromatic N) is 4. The minimum Gasteiger partial charge on any atom is -0.309 e. The number of benzene rings is 6. The van der Waals surface area contributed by atoms with Crippen LogP contribution >= 0.6 is 11.3 Å². The summed E-state index contributed by atoms with van der Waals surface area (Å²) in [5, 5.41) is 5.21. The van der Waals surface area contributed by atoms with Crippen LogP contribution in [0.2, 0.25) is 0 Å². The average molecular weight is 581 g/mol. The first-order valence-corrected chi connectivity index (χ1v) is 15.4. The molecule has 6 aromatic carbocycles. The predicted octanol–water partition coefficient (Wildman–Crippen LogP) is 10.3. The standard InChI is InChI=1S/C39H24N4S/c1-3-11-25(12-4-1)37-40-38(26-13-5-2-6-14-26)42-39(41-37)27-19-21-28(22-20-27)43-31-17-9-7-15-29(31)35-32(43)23-24-34-36(35)30-16-8-10-18-33(30)44-34/h1-24H. The van der Waals surface area contributed by atoms with Gasteiger partial charge in [-0.3, -0.25) is 0 Å². The van der Waals surface area contributed by atoms with Crippen LogP contribution in [0.25, 0.3) is 81.8 Å². The molecule has 206 valence electrons. The van der Waals surface area contributed by atoms with Gasteiger partial charge < -0.3 is 4.57 Å². The third-order valence-corrected chi connectivity index (χ3v) is 9.40. The Bertz CT molecular complexity index is 2420. The number of para-hydroxylation sites is 1. The Balaban J connectivity index is 1.22. The van der Waals surface area contributed by atoms with Crippen molar-refractivity contribution in [2.75, 3.05) is 0 Å². The van der Waals surface area contributed by atoms with E-state index in [2.05, 4.69) is 89.5 Å². The van der Waals surface area contributed by atoms with Crippen LogP contribution in [0.15, 0.2) is 146 Å². The number of fused-ring (bicyclic) bond motifs is 7. The van der Waals surface area contributed by atoms with E-state index in [1.165, 1.54) is 42.0 Å². The maximum absolute atomic E-state index is 4.92. The molecule has 0 radical (unpaired) electrons. The zero-order valence-corrected chi connectivity index (χ0v) is 24.4. The number of hydrogen-bond donors (Lipinski definition) is 0. The Morgan fingerprint density at radius 2 is 0.932 bits per heavy atom. The quantitative estimate of drug-likeness (QED) is 0.208. The Kier molecular flexibility index (Phi) is 5.64. The van der Waals surface area contributed by atoms with Crippen LogP contribution in [0.4, 0.5) is 0 Å². The van der Waals surface area contributed by atoms with E-state index < -0.39 is 0 Å². The lowest BCUT2D eigenvalue weighted by atomic mass is 10.1. The molecule has 5 heteroatoms. The molecule has 0 bridgehead atoms. The normalized spacial score (nSPS) is 11.6. The van der Waals surface area contributed by atoms with Crippen molar-refractivity contribution in [3.63, 3.8) is 0 Å². The van der Waals surface area contributed by atoms with Crippen molar-refractivity contribution in [3.8, 4) is 39.9 Å². The second-order valence-corrected chi connectivity index (χ2v) is 12.0. The van der Waals surface area contributed by atoms with Gasteiger partial charge in [-0.2, -0.15) is 0 Å². The summed E-state index contributed by atoms with van der Waals surface area (Å²) in [5.41, 5.74) is 6.35. The van der Waals surface area contributed by atoms with Gasteiger partial charge in [-0.25, -0.2) is 15.0 Å². The first-order valence-electron chi connectivity index (χ1n) is 14.6. The van der Waals surface area contributed by atoms with Gasteiger partial charge in [0.1, 0.15) is 0 Å². The molecule has 0 spiro atoms. The molecule has 3 heterocycles. The highest BCUT2D eigenvalue weighted by Gasteiger charge is 2.18. The molecule has 0 atom stereocenters.